The predicted molar refractivity (Wildman–Crippen MR) is 112 cm³/mol. The summed E-state index contributed by atoms with van der Waals surface area (Å²) in [5, 5.41) is 0. The molecule has 0 rings (SSSR count). The molecule has 1 atom stereocenters. The third kappa shape index (κ3) is 17.2. The van der Waals surface area contributed by atoms with E-state index in [0.717, 1.165) is 51.4 Å². The van der Waals surface area contributed by atoms with E-state index in [4.69, 9.17) is 11.5 Å². The van der Waals surface area contributed by atoms with Crippen LogP contribution in [0.2, 0.25) is 0 Å². The van der Waals surface area contributed by atoms with Gasteiger partial charge in [-0.1, -0.05) is 62.6 Å². The Kier molecular flexibility index (Phi) is 16.7. The molecule has 1 unspecified atom stereocenters. The minimum Gasteiger partial charge on any atom is -0.392 e. The standard InChI is InChI=1S/C22H36N2O4/c1-2-3-4-5-6-7-8-9-10-11-12-13-14-15-16-17-21(26)28-22(27)19(23)18-20(24)25/h3-4,6-7,9-10,19H,2,5,8,11-18,23H2,1H3,(H2,24,25)/b4-3-,7-6-,10-9-. The Labute approximate surface area is 169 Å². The first-order chi connectivity index (χ1) is 13.5. The lowest BCUT2D eigenvalue weighted by Gasteiger charge is -2.08. The SMILES string of the molecule is CC/C=C\C/C=C\C/C=C\CCCCCCCC(=O)OC(=O)C(N)CC(N)=O. The summed E-state index contributed by atoms with van der Waals surface area (Å²) < 4.78 is 4.60. The van der Waals surface area contributed by atoms with Gasteiger partial charge in [-0.25, -0.2) is 4.79 Å². The van der Waals surface area contributed by atoms with Gasteiger partial charge in [-0.3, -0.25) is 9.59 Å². The fourth-order valence-electron chi connectivity index (χ4n) is 2.43. The largest absolute Gasteiger partial charge is 0.392 e. The van der Waals surface area contributed by atoms with Gasteiger partial charge in [-0.15, -0.1) is 0 Å². The van der Waals surface area contributed by atoms with Crippen molar-refractivity contribution in [3.63, 3.8) is 0 Å². The molecule has 0 aromatic heterocycles. The van der Waals surface area contributed by atoms with Crippen molar-refractivity contribution in [1.82, 2.24) is 0 Å². The maximum absolute atomic E-state index is 11.5. The van der Waals surface area contributed by atoms with Crippen molar-refractivity contribution < 1.29 is 19.1 Å². The van der Waals surface area contributed by atoms with E-state index in [9.17, 15) is 14.4 Å². The average Bonchev–Trinajstić information content (AvgIpc) is 2.64. The van der Waals surface area contributed by atoms with Crippen molar-refractivity contribution in [1.29, 1.82) is 0 Å². The zero-order chi connectivity index (χ0) is 21.0. The number of hydrogen-bond donors (Lipinski definition) is 2. The normalized spacial score (nSPS) is 12.8. The fourth-order valence-corrected chi connectivity index (χ4v) is 2.43. The highest BCUT2D eigenvalue weighted by Crippen LogP contribution is 2.09. The van der Waals surface area contributed by atoms with Crippen LogP contribution >= 0.6 is 0 Å². The van der Waals surface area contributed by atoms with Crippen LogP contribution in [0.5, 0.6) is 0 Å². The zero-order valence-corrected chi connectivity index (χ0v) is 17.1. The van der Waals surface area contributed by atoms with E-state index in [1.54, 1.807) is 0 Å². The second kappa shape index (κ2) is 18.2. The second-order valence-corrected chi connectivity index (χ2v) is 6.67. The van der Waals surface area contributed by atoms with Gasteiger partial charge < -0.3 is 16.2 Å². The Morgan fingerprint density at radius 1 is 0.857 bits per heavy atom. The van der Waals surface area contributed by atoms with E-state index in [1.807, 2.05) is 0 Å². The van der Waals surface area contributed by atoms with Crippen molar-refractivity contribution in [2.75, 3.05) is 0 Å². The molecule has 0 aliphatic heterocycles. The lowest BCUT2D eigenvalue weighted by Crippen LogP contribution is -2.37. The summed E-state index contributed by atoms with van der Waals surface area (Å²) in [5.41, 5.74) is 10.4. The number of carbonyl (C=O) groups is 3. The highest BCUT2D eigenvalue weighted by molar-refractivity contribution is 5.91. The van der Waals surface area contributed by atoms with E-state index in [1.165, 1.54) is 0 Å². The van der Waals surface area contributed by atoms with Crippen LogP contribution in [-0.2, 0) is 19.1 Å². The molecule has 0 saturated carbocycles. The first kappa shape index (κ1) is 25.8. The fraction of sp³-hybridized carbons (Fsp3) is 0.591. The van der Waals surface area contributed by atoms with Crippen molar-refractivity contribution in [3.8, 4) is 0 Å². The zero-order valence-electron chi connectivity index (χ0n) is 17.1. The Bertz CT molecular complexity index is 539. The Balaban J connectivity index is 3.55. The first-order valence-electron chi connectivity index (χ1n) is 10.2. The lowest BCUT2D eigenvalue weighted by molar-refractivity contribution is -0.161. The molecule has 0 fully saturated rings. The number of rotatable bonds is 16. The monoisotopic (exact) mass is 392 g/mol. The van der Waals surface area contributed by atoms with Gasteiger partial charge in [0.05, 0.1) is 6.42 Å². The van der Waals surface area contributed by atoms with Crippen molar-refractivity contribution in [2.45, 2.75) is 83.6 Å². The van der Waals surface area contributed by atoms with Crippen molar-refractivity contribution in [2.24, 2.45) is 11.5 Å². The second-order valence-electron chi connectivity index (χ2n) is 6.67. The summed E-state index contributed by atoms with van der Waals surface area (Å²) >= 11 is 0. The average molecular weight is 393 g/mol. The van der Waals surface area contributed by atoms with Crippen LogP contribution in [-0.4, -0.2) is 23.9 Å². The van der Waals surface area contributed by atoms with Crippen molar-refractivity contribution >= 4 is 17.8 Å². The number of hydrogen-bond acceptors (Lipinski definition) is 5. The molecule has 0 bridgehead atoms. The number of ether oxygens (including phenoxy) is 1. The summed E-state index contributed by atoms with van der Waals surface area (Å²) in [5.74, 6) is -2.21. The number of nitrogens with two attached hydrogens (primary N) is 2. The summed E-state index contributed by atoms with van der Waals surface area (Å²) in [6.07, 6.45) is 22.0. The van der Waals surface area contributed by atoms with Crippen LogP contribution in [0.4, 0.5) is 0 Å². The minimum absolute atomic E-state index is 0.175. The Morgan fingerprint density at radius 2 is 1.43 bits per heavy atom. The van der Waals surface area contributed by atoms with Crippen LogP contribution in [0.25, 0.3) is 0 Å². The number of primary amides is 1. The Morgan fingerprint density at radius 3 is 2.07 bits per heavy atom. The topological polar surface area (TPSA) is 112 Å². The van der Waals surface area contributed by atoms with E-state index in [0.29, 0.717) is 6.42 Å². The van der Waals surface area contributed by atoms with Crippen LogP contribution in [0.3, 0.4) is 0 Å². The molecule has 0 aromatic carbocycles. The molecule has 0 aliphatic carbocycles. The molecule has 0 spiro atoms. The van der Waals surface area contributed by atoms with Crippen molar-refractivity contribution in [3.05, 3.63) is 36.5 Å². The molecule has 6 heteroatoms. The minimum atomic E-state index is -1.18. The molecule has 0 saturated heterocycles. The molecule has 6 nitrogen and oxygen atoms in total. The van der Waals surface area contributed by atoms with Crippen LogP contribution in [0.15, 0.2) is 36.5 Å². The number of allylic oxidation sites excluding steroid dienone is 6. The summed E-state index contributed by atoms with van der Waals surface area (Å²) in [7, 11) is 0. The molecule has 0 heterocycles. The highest BCUT2D eigenvalue weighted by Gasteiger charge is 2.20. The number of unbranched alkanes of at least 4 members (excludes halogenated alkanes) is 5. The lowest BCUT2D eigenvalue weighted by atomic mass is 10.1. The summed E-state index contributed by atoms with van der Waals surface area (Å²) in [4.78, 5) is 33.7. The molecule has 0 aliphatic rings. The summed E-state index contributed by atoms with van der Waals surface area (Å²) in [6.45, 7) is 2.13. The molecular formula is C22H36N2O4. The molecule has 28 heavy (non-hydrogen) atoms. The number of esters is 2. The predicted octanol–water partition coefficient (Wildman–Crippen LogP) is 3.85. The van der Waals surface area contributed by atoms with Gasteiger partial charge >= 0.3 is 11.9 Å². The summed E-state index contributed by atoms with van der Waals surface area (Å²) in [6, 6.07) is -1.18. The van der Waals surface area contributed by atoms with Gasteiger partial charge in [0, 0.05) is 6.42 Å². The first-order valence-corrected chi connectivity index (χ1v) is 10.2. The van der Waals surface area contributed by atoms with Crippen LogP contribution in [0.1, 0.15) is 77.6 Å². The van der Waals surface area contributed by atoms with E-state index >= 15 is 0 Å². The van der Waals surface area contributed by atoms with E-state index in [2.05, 4.69) is 48.1 Å². The van der Waals surface area contributed by atoms with E-state index < -0.39 is 23.9 Å². The molecule has 1 amide bonds. The van der Waals surface area contributed by atoms with Gasteiger partial charge in [0.15, 0.2) is 0 Å². The van der Waals surface area contributed by atoms with Gasteiger partial charge in [-0.05, 0) is 38.5 Å². The molecule has 0 aromatic rings. The molecule has 158 valence electrons. The Hall–Kier alpha value is -2.21. The van der Waals surface area contributed by atoms with Gasteiger partial charge in [-0.2, -0.15) is 0 Å². The quantitative estimate of drug-likeness (QED) is 0.179. The van der Waals surface area contributed by atoms with Gasteiger partial charge in [0.2, 0.25) is 5.91 Å². The third-order valence-corrected chi connectivity index (χ3v) is 3.97. The number of amides is 1. The molecule has 0 radical (unpaired) electrons. The maximum Gasteiger partial charge on any atom is 0.331 e. The van der Waals surface area contributed by atoms with Gasteiger partial charge in [0.25, 0.3) is 0 Å². The van der Waals surface area contributed by atoms with Gasteiger partial charge in [0.1, 0.15) is 6.04 Å². The van der Waals surface area contributed by atoms with E-state index in [-0.39, 0.29) is 12.8 Å². The molecule has 4 N–H and O–H groups in total. The molecular weight excluding hydrogens is 356 g/mol. The smallest absolute Gasteiger partial charge is 0.331 e. The third-order valence-electron chi connectivity index (χ3n) is 3.97. The maximum atomic E-state index is 11.5. The number of carbonyl (C=O) groups excluding carboxylic acids is 3. The highest BCUT2D eigenvalue weighted by atomic mass is 16.6. The van der Waals surface area contributed by atoms with Crippen LogP contribution in [0, 0.1) is 0 Å². The van der Waals surface area contributed by atoms with Crippen LogP contribution < -0.4 is 11.5 Å².